The van der Waals surface area contributed by atoms with E-state index < -0.39 is 0 Å². The zero-order chi connectivity index (χ0) is 15.1. The smallest absolute Gasteiger partial charge is 0.250 e. The maximum Gasteiger partial charge on any atom is 0.250 e. The van der Waals surface area contributed by atoms with Crippen molar-refractivity contribution in [2.75, 3.05) is 25.6 Å². The molecule has 0 bridgehead atoms. The number of aliphatic hydroxyl groups is 1. The van der Waals surface area contributed by atoms with Gasteiger partial charge < -0.3 is 19.9 Å². The summed E-state index contributed by atoms with van der Waals surface area (Å²) in [6.45, 7) is 0.299. The normalized spacial score (nSPS) is 21.8. The second kappa shape index (κ2) is 8.00. The van der Waals surface area contributed by atoms with Crippen molar-refractivity contribution in [3.8, 4) is 5.75 Å². The molecule has 0 unspecified atom stereocenters. The molecule has 116 valence electrons. The van der Waals surface area contributed by atoms with Gasteiger partial charge >= 0.3 is 0 Å². The molecule has 1 saturated carbocycles. The SMILES string of the molecule is COc1ccccc1NC(=O)COC1CCC(CO)CC1. The second-order valence-electron chi connectivity index (χ2n) is 5.38. The number of amides is 1. The van der Waals surface area contributed by atoms with Crippen molar-refractivity contribution < 1.29 is 19.4 Å². The van der Waals surface area contributed by atoms with Gasteiger partial charge in [0.05, 0.1) is 18.9 Å². The fraction of sp³-hybridized carbons (Fsp3) is 0.562. The van der Waals surface area contributed by atoms with E-state index in [1.165, 1.54) is 0 Å². The van der Waals surface area contributed by atoms with E-state index in [1.54, 1.807) is 19.2 Å². The Morgan fingerprint density at radius 2 is 2.00 bits per heavy atom. The number of para-hydroxylation sites is 2. The zero-order valence-corrected chi connectivity index (χ0v) is 12.4. The van der Waals surface area contributed by atoms with Crippen LogP contribution in [0.5, 0.6) is 5.75 Å². The van der Waals surface area contributed by atoms with Gasteiger partial charge in [-0.25, -0.2) is 0 Å². The number of hydrogen-bond donors (Lipinski definition) is 2. The largest absolute Gasteiger partial charge is 0.495 e. The lowest BCUT2D eigenvalue weighted by Crippen LogP contribution is -2.27. The first-order valence-corrected chi connectivity index (χ1v) is 7.38. The fourth-order valence-corrected chi connectivity index (χ4v) is 2.61. The van der Waals surface area contributed by atoms with E-state index in [0.29, 0.717) is 17.4 Å². The Balaban J connectivity index is 1.75. The number of anilines is 1. The molecule has 0 saturated heterocycles. The van der Waals surface area contributed by atoms with Crippen LogP contribution in [0, 0.1) is 5.92 Å². The molecular weight excluding hydrogens is 270 g/mol. The number of methoxy groups -OCH3 is 1. The van der Waals surface area contributed by atoms with Crippen LogP contribution in [0.1, 0.15) is 25.7 Å². The molecule has 1 fully saturated rings. The molecule has 1 aliphatic rings. The van der Waals surface area contributed by atoms with Crippen molar-refractivity contribution in [1.82, 2.24) is 0 Å². The summed E-state index contributed by atoms with van der Waals surface area (Å²) in [6, 6.07) is 7.29. The first-order chi connectivity index (χ1) is 10.2. The Morgan fingerprint density at radius 3 is 2.67 bits per heavy atom. The van der Waals surface area contributed by atoms with E-state index in [9.17, 15) is 4.79 Å². The quantitative estimate of drug-likeness (QED) is 0.844. The molecule has 1 aromatic rings. The highest BCUT2D eigenvalue weighted by molar-refractivity contribution is 5.93. The van der Waals surface area contributed by atoms with Crippen molar-refractivity contribution >= 4 is 11.6 Å². The molecule has 1 aromatic carbocycles. The van der Waals surface area contributed by atoms with Crippen LogP contribution < -0.4 is 10.1 Å². The number of nitrogens with one attached hydrogen (secondary N) is 1. The summed E-state index contributed by atoms with van der Waals surface area (Å²) in [5.74, 6) is 0.852. The number of aliphatic hydroxyl groups excluding tert-OH is 1. The topological polar surface area (TPSA) is 67.8 Å². The lowest BCUT2D eigenvalue weighted by molar-refractivity contribution is -0.123. The number of carbonyl (C=O) groups is 1. The molecular formula is C16H23NO4. The van der Waals surface area contributed by atoms with E-state index in [-0.39, 0.29) is 25.2 Å². The molecule has 1 amide bonds. The molecule has 0 aliphatic heterocycles. The minimum atomic E-state index is -0.177. The zero-order valence-electron chi connectivity index (χ0n) is 12.4. The first kappa shape index (κ1) is 15.8. The Labute approximate surface area is 125 Å². The third kappa shape index (κ3) is 4.72. The Hall–Kier alpha value is -1.59. The average Bonchev–Trinajstić information content (AvgIpc) is 2.54. The molecule has 2 N–H and O–H groups in total. The monoisotopic (exact) mass is 293 g/mol. The standard InChI is InChI=1S/C16H23NO4/c1-20-15-5-3-2-4-14(15)17-16(19)11-21-13-8-6-12(10-18)7-9-13/h2-5,12-13,18H,6-11H2,1H3,(H,17,19). The average molecular weight is 293 g/mol. The predicted molar refractivity (Wildman–Crippen MR) is 80.4 cm³/mol. The van der Waals surface area contributed by atoms with Gasteiger partial charge in [0.1, 0.15) is 12.4 Å². The number of carbonyl (C=O) groups excluding carboxylic acids is 1. The lowest BCUT2D eigenvalue weighted by atomic mass is 9.88. The molecule has 5 heteroatoms. The summed E-state index contributed by atoms with van der Waals surface area (Å²) in [7, 11) is 1.57. The Bertz CT molecular complexity index is 455. The second-order valence-corrected chi connectivity index (χ2v) is 5.38. The number of hydrogen-bond acceptors (Lipinski definition) is 4. The van der Waals surface area contributed by atoms with Crippen LogP contribution in [-0.4, -0.2) is 37.4 Å². The van der Waals surface area contributed by atoms with Gasteiger partial charge in [-0.1, -0.05) is 12.1 Å². The maximum atomic E-state index is 11.9. The summed E-state index contributed by atoms with van der Waals surface area (Å²) >= 11 is 0. The van der Waals surface area contributed by atoms with Crippen molar-refractivity contribution in [1.29, 1.82) is 0 Å². The lowest BCUT2D eigenvalue weighted by Gasteiger charge is -2.27. The van der Waals surface area contributed by atoms with Crippen LogP contribution in [0.25, 0.3) is 0 Å². The van der Waals surface area contributed by atoms with Crippen molar-refractivity contribution in [2.24, 2.45) is 5.92 Å². The fourth-order valence-electron chi connectivity index (χ4n) is 2.61. The molecule has 21 heavy (non-hydrogen) atoms. The van der Waals surface area contributed by atoms with Gasteiger partial charge in [0.2, 0.25) is 5.91 Å². The van der Waals surface area contributed by atoms with Crippen LogP contribution in [0.4, 0.5) is 5.69 Å². The molecule has 5 nitrogen and oxygen atoms in total. The Morgan fingerprint density at radius 1 is 1.29 bits per heavy atom. The molecule has 0 aromatic heterocycles. The third-order valence-corrected chi connectivity index (χ3v) is 3.88. The van der Waals surface area contributed by atoms with Crippen molar-refractivity contribution in [3.63, 3.8) is 0 Å². The van der Waals surface area contributed by atoms with E-state index in [0.717, 1.165) is 25.7 Å². The highest BCUT2D eigenvalue weighted by Crippen LogP contribution is 2.26. The Kier molecular flexibility index (Phi) is 6.02. The summed E-state index contributed by atoms with van der Waals surface area (Å²) in [4.78, 5) is 11.9. The highest BCUT2D eigenvalue weighted by Gasteiger charge is 2.21. The van der Waals surface area contributed by atoms with E-state index in [4.69, 9.17) is 14.6 Å². The molecule has 0 spiro atoms. The van der Waals surface area contributed by atoms with Gasteiger partial charge in [0.15, 0.2) is 0 Å². The van der Waals surface area contributed by atoms with Crippen LogP contribution >= 0.6 is 0 Å². The van der Waals surface area contributed by atoms with E-state index in [1.807, 2.05) is 12.1 Å². The first-order valence-electron chi connectivity index (χ1n) is 7.38. The minimum absolute atomic E-state index is 0.0481. The number of benzene rings is 1. The van der Waals surface area contributed by atoms with Gasteiger partial charge in [0, 0.05) is 6.61 Å². The predicted octanol–water partition coefficient (Wildman–Crippen LogP) is 2.20. The maximum absolute atomic E-state index is 11.9. The molecule has 2 rings (SSSR count). The van der Waals surface area contributed by atoms with E-state index in [2.05, 4.69) is 5.32 Å². The summed E-state index contributed by atoms with van der Waals surface area (Å²) in [5, 5.41) is 11.9. The molecule has 0 radical (unpaired) electrons. The molecule has 1 aliphatic carbocycles. The minimum Gasteiger partial charge on any atom is -0.495 e. The summed E-state index contributed by atoms with van der Waals surface area (Å²) < 4.78 is 10.8. The van der Waals surface area contributed by atoms with E-state index >= 15 is 0 Å². The highest BCUT2D eigenvalue weighted by atomic mass is 16.5. The van der Waals surface area contributed by atoms with Gasteiger partial charge in [-0.05, 0) is 43.7 Å². The van der Waals surface area contributed by atoms with Crippen molar-refractivity contribution in [2.45, 2.75) is 31.8 Å². The van der Waals surface area contributed by atoms with Crippen LogP contribution in [0.2, 0.25) is 0 Å². The molecule has 0 atom stereocenters. The van der Waals surface area contributed by atoms with Gasteiger partial charge in [-0.15, -0.1) is 0 Å². The van der Waals surface area contributed by atoms with Gasteiger partial charge in [-0.3, -0.25) is 4.79 Å². The van der Waals surface area contributed by atoms with Crippen molar-refractivity contribution in [3.05, 3.63) is 24.3 Å². The van der Waals surface area contributed by atoms with Crippen LogP contribution in [0.15, 0.2) is 24.3 Å². The molecule has 0 heterocycles. The van der Waals surface area contributed by atoms with Crippen LogP contribution in [0.3, 0.4) is 0 Å². The number of ether oxygens (including phenoxy) is 2. The summed E-state index contributed by atoms with van der Waals surface area (Å²) in [5.41, 5.74) is 0.651. The van der Waals surface area contributed by atoms with Crippen LogP contribution in [-0.2, 0) is 9.53 Å². The van der Waals surface area contributed by atoms with Gasteiger partial charge in [-0.2, -0.15) is 0 Å². The summed E-state index contributed by atoms with van der Waals surface area (Å²) in [6.07, 6.45) is 3.88. The third-order valence-electron chi connectivity index (χ3n) is 3.88. The van der Waals surface area contributed by atoms with Gasteiger partial charge in [0.25, 0.3) is 0 Å². The number of rotatable bonds is 6.